The first-order valence-corrected chi connectivity index (χ1v) is 11.7. The number of hydrogen-bond acceptors (Lipinski definition) is 9. The minimum absolute atomic E-state index is 0.103. The van der Waals surface area contributed by atoms with Crippen LogP contribution >= 0.6 is 23.1 Å². The lowest BCUT2D eigenvalue weighted by molar-refractivity contribution is -0.117. The second-order valence-corrected chi connectivity index (χ2v) is 9.57. The summed E-state index contributed by atoms with van der Waals surface area (Å²) >= 11 is 2.50. The molecule has 0 aliphatic carbocycles. The number of carbonyl (C=O) groups excluding carboxylic acids is 1. The smallest absolute Gasteiger partial charge is 0.313 e. The van der Waals surface area contributed by atoms with Crippen molar-refractivity contribution in [3.63, 3.8) is 0 Å². The van der Waals surface area contributed by atoms with Crippen LogP contribution in [-0.2, 0) is 25.4 Å². The van der Waals surface area contributed by atoms with Crippen LogP contribution in [0.2, 0.25) is 0 Å². The van der Waals surface area contributed by atoms with Crippen molar-refractivity contribution in [1.29, 1.82) is 0 Å². The van der Waals surface area contributed by atoms with Crippen LogP contribution in [-0.4, -0.2) is 59.3 Å². The van der Waals surface area contributed by atoms with Gasteiger partial charge < -0.3 is 4.57 Å². The molecule has 11 nitrogen and oxygen atoms in total. The summed E-state index contributed by atoms with van der Waals surface area (Å²) in [5, 5.41) is 12.0. The van der Waals surface area contributed by atoms with E-state index in [9.17, 15) is 14.4 Å². The van der Waals surface area contributed by atoms with Crippen molar-refractivity contribution >= 4 is 45.3 Å². The predicted molar refractivity (Wildman–Crippen MR) is 119 cm³/mol. The standard InChI is InChI=1S/C18H24N8O3S2/c1-4-26-12-13(23(2)18(29)24(3)14(12)28)20-16(26)31-17-22-21-15(30-17)19-11(27)10-25-8-6-5-7-9-25/h4-10H2,1-3H3,(H,19,21,27). The summed E-state index contributed by atoms with van der Waals surface area (Å²) in [6.07, 6.45) is 3.47. The highest BCUT2D eigenvalue weighted by molar-refractivity contribution is 8.01. The number of fused-ring (bicyclic) bond motifs is 1. The third-order valence-corrected chi connectivity index (χ3v) is 7.16. The molecule has 3 aromatic heterocycles. The molecule has 13 heteroatoms. The number of anilines is 1. The predicted octanol–water partition coefficient (Wildman–Crippen LogP) is 0.881. The maximum Gasteiger partial charge on any atom is 0.332 e. The zero-order valence-electron chi connectivity index (χ0n) is 17.6. The van der Waals surface area contributed by atoms with Gasteiger partial charge in [0, 0.05) is 20.6 Å². The molecule has 3 aromatic rings. The highest BCUT2D eigenvalue weighted by Gasteiger charge is 2.21. The van der Waals surface area contributed by atoms with Crippen LogP contribution in [0.3, 0.4) is 0 Å². The fourth-order valence-electron chi connectivity index (χ4n) is 3.66. The average Bonchev–Trinajstić information content (AvgIpc) is 3.35. The summed E-state index contributed by atoms with van der Waals surface area (Å²) in [7, 11) is 3.04. The number of likely N-dealkylation sites (tertiary alicyclic amines) is 1. The summed E-state index contributed by atoms with van der Waals surface area (Å²) in [6.45, 7) is 4.65. The van der Waals surface area contributed by atoms with Crippen LogP contribution in [0, 0.1) is 0 Å². The van der Waals surface area contributed by atoms with Gasteiger partial charge in [-0.15, -0.1) is 10.2 Å². The molecule has 0 radical (unpaired) electrons. The Balaban J connectivity index is 1.54. The summed E-state index contributed by atoms with van der Waals surface area (Å²) in [5.74, 6) is -0.103. The molecule has 0 bridgehead atoms. The minimum Gasteiger partial charge on any atom is -0.313 e. The molecule has 0 unspecified atom stereocenters. The number of aryl methyl sites for hydroxylation is 2. The fourth-order valence-corrected chi connectivity index (χ4v) is 5.48. The van der Waals surface area contributed by atoms with Crippen molar-refractivity contribution in [3.8, 4) is 0 Å². The van der Waals surface area contributed by atoms with E-state index in [1.807, 2.05) is 6.92 Å². The van der Waals surface area contributed by atoms with Crippen LogP contribution in [0.25, 0.3) is 11.2 Å². The van der Waals surface area contributed by atoms with Gasteiger partial charge in [0.25, 0.3) is 5.56 Å². The van der Waals surface area contributed by atoms with Gasteiger partial charge in [0.05, 0.1) is 6.54 Å². The van der Waals surface area contributed by atoms with Gasteiger partial charge in [0.2, 0.25) is 11.0 Å². The Kier molecular flexibility index (Phi) is 6.25. The summed E-state index contributed by atoms with van der Waals surface area (Å²) in [6, 6.07) is 0. The molecule has 1 amide bonds. The molecule has 0 atom stereocenters. The zero-order chi connectivity index (χ0) is 22.1. The number of nitrogens with one attached hydrogen (secondary N) is 1. The summed E-state index contributed by atoms with van der Waals surface area (Å²) in [5.41, 5.74) is -0.113. The third kappa shape index (κ3) is 4.29. The van der Waals surface area contributed by atoms with Gasteiger partial charge in [0.15, 0.2) is 20.7 Å². The molecule has 31 heavy (non-hydrogen) atoms. The van der Waals surface area contributed by atoms with Crippen LogP contribution in [0.4, 0.5) is 5.13 Å². The Morgan fingerprint density at radius 2 is 1.87 bits per heavy atom. The second kappa shape index (κ2) is 8.93. The van der Waals surface area contributed by atoms with Gasteiger partial charge in [-0.3, -0.25) is 28.9 Å². The van der Waals surface area contributed by atoms with E-state index < -0.39 is 5.69 Å². The van der Waals surface area contributed by atoms with Crippen molar-refractivity contribution in [1.82, 2.24) is 33.8 Å². The van der Waals surface area contributed by atoms with Crippen LogP contribution in [0.5, 0.6) is 0 Å². The lowest BCUT2D eigenvalue weighted by Gasteiger charge is -2.25. The maximum absolute atomic E-state index is 12.6. The molecule has 1 N–H and O–H groups in total. The monoisotopic (exact) mass is 464 g/mol. The molecular weight excluding hydrogens is 440 g/mol. The molecule has 4 heterocycles. The van der Waals surface area contributed by atoms with E-state index in [-0.39, 0.29) is 11.5 Å². The van der Waals surface area contributed by atoms with E-state index in [0.29, 0.717) is 38.9 Å². The normalized spacial score (nSPS) is 14.9. The van der Waals surface area contributed by atoms with Gasteiger partial charge in [-0.2, -0.15) is 0 Å². The van der Waals surface area contributed by atoms with Crippen molar-refractivity contribution in [2.45, 2.75) is 42.2 Å². The largest absolute Gasteiger partial charge is 0.332 e. The van der Waals surface area contributed by atoms with Gasteiger partial charge in [0.1, 0.15) is 0 Å². The Bertz CT molecular complexity index is 1240. The Morgan fingerprint density at radius 3 is 2.58 bits per heavy atom. The molecule has 1 fully saturated rings. The van der Waals surface area contributed by atoms with Crippen molar-refractivity contribution < 1.29 is 4.79 Å². The number of hydrogen-bond donors (Lipinski definition) is 1. The van der Waals surface area contributed by atoms with E-state index in [1.165, 1.54) is 41.1 Å². The van der Waals surface area contributed by atoms with Crippen LogP contribution < -0.4 is 16.6 Å². The number of rotatable bonds is 6. The van der Waals surface area contributed by atoms with E-state index in [2.05, 4.69) is 25.4 Å². The number of piperidine rings is 1. The van der Waals surface area contributed by atoms with Crippen molar-refractivity contribution in [3.05, 3.63) is 20.8 Å². The molecular formula is C18H24N8O3S2. The van der Waals surface area contributed by atoms with Gasteiger partial charge in [-0.05, 0) is 44.6 Å². The number of amides is 1. The van der Waals surface area contributed by atoms with E-state index in [0.717, 1.165) is 30.5 Å². The zero-order valence-corrected chi connectivity index (χ0v) is 19.3. The van der Waals surface area contributed by atoms with Crippen molar-refractivity contribution in [2.75, 3.05) is 25.0 Å². The van der Waals surface area contributed by atoms with Gasteiger partial charge >= 0.3 is 5.69 Å². The quantitative estimate of drug-likeness (QED) is 0.534. The topological polar surface area (TPSA) is 120 Å². The van der Waals surface area contributed by atoms with Crippen LogP contribution in [0.15, 0.2) is 19.1 Å². The molecule has 1 aliphatic rings. The molecule has 166 valence electrons. The lowest BCUT2D eigenvalue weighted by atomic mass is 10.1. The van der Waals surface area contributed by atoms with Crippen molar-refractivity contribution in [2.24, 2.45) is 14.1 Å². The lowest BCUT2D eigenvalue weighted by Crippen LogP contribution is -2.37. The van der Waals surface area contributed by atoms with Gasteiger partial charge in [-0.25, -0.2) is 9.78 Å². The Hall–Kier alpha value is -2.51. The third-order valence-electron chi connectivity index (χ3n) is 5.28. The molecule has 1 aliphatic heterocycles. The van der Waals surface area contributed by atoms with Crippen LogP contribution in [0.1, 0.15) is 26.2 Å². The van der Waals surface area contributed by atoms with Gasteiger partial charge in [-0.1, -0.05) is 17.8 Å². The van der Waals surface area contributed by atoms with E-state index >= 15 is 0 Å². The number of aromatic nitrogens is 6. The molecule has 4 rings (SSSR count). The summed E-state index contributed by atoms with van der Waals surface area (Å²) < 4.78 is 4.78. The SMILES string of the molecule is CCn1c(Sc2nnc(NC(=O)CN3CCCCC3)s2)nc2c1c(=O)n(C)c(=O)n2C. The fraction of sp³-hybridized carbons (Fsp3) is 0.556. The first-order valence-electron chi connectivity index (χ1n) is 10.1. The molecule has 1 saturated heterocycles. The van der Waals surface area contributed by atoms with E-state index in [4.69, 9.17) is 0 Å². The molecule has 0 saturated carbocycles. The Morgan fingerprint density at radius 1 is 1.13 bits per heavy atom. The first-order chi connectivity index (χ1) is 14.9. The number of imidazole rings is 1. The number of nitrogens with zero attached hydrogens (tertiary/aromatic N) is 7. The second-order valence-electron chi connectivity index (χ2n) is 7.38. The number of carbonyl (C=O) groups is 1. The van der Waals surface area contributed by atoms with E-state index in [1.54, 1.807) is 11.6 Å². The molecule has 0 spiro atoms. The highest BCUT2D eigenvalue weighted by atomic mass is 32.2. The first kappa shape index (κ1) is 21.7. The minimum atomic E-state index is -0.426. The average molecular weight is 465 g/mol. The highest BCUT2D eigenvalue weighted by Crippen LogP contribution is 2.32. The maximum atomic E-state index is 12.6. The summed E-state index contributed by atoms with van der Waals surface area (Å²) in [4.78, 5) is 43.8. The molecule has 0 aromatic carbocycles. The Labute approximate surface area is 186 Å².